The van der Waals surface area contributed by atoms with Gasteiger partial charge in [0, 0.05) is 42.2 Å². The van der Waals surface area contributed by atoms with Gasteiger partial charge in [-0.3, -0.25) is 9.59 Å². The Morgan fingerprint density at radius 3 is 2.33 bits per heavy atom. The highest BCUT2D eigenvalue weighted by Gasteiger charge is 2.26. The number of rotatable bonds is 2. The van der Waals surface area contributed by atoms with E-state index < -0.39 is 0 Å². The molecule has 1 aliphatic rings. The Labute approximate surface area is 134 Å². The Balaban J connectivity index is 1.60. The number of nitrogens with one attached hydrogen (secondary N) is 1. The summed E-state index contributed by atoms with van der Waals surface area (Å²) in [4.78, 5) is 31.0. The molecule has 0 unspecified atom stereocenters. The molecule has 0 aliphatic carbocycles. The third-order valence-corrected chi connectivity index (χ3v) is 4.64. The minimum Gasteiger partial charge on any atom is -0.356 e. The van der Waals surface area contributed by atoms with Crippen LogP contribution in [0.1, 0.15) is 20.8 Å². The molecule has 110 valence electrons. The Hall–Kier alpha value is -1.60. The number of aromatic amines is 1. The van der Waals surface area contributed by atoms with Crippen LogP contribution in [-0.4, -0.2) is 52.8 Å². The summed E-state index contributed by atoms with van der Waals surface area (Å²) in [6, 6.07) is 3.60. The van der Waals surface area contributed by atoms with Gasteiger partial charge in [0.25, 0.3) is 11.8 Å². The summed E-state index contributed by atoms with van der Waals surface area (Å²) in [5.41, 5.74) is 1.30. The van der Waals surface area contributed by atoms with E-state index >= 15 is 0 Å². The molecule has 2 amide bonds. The summed E-state index contributed by atoms with van der Waals surface area (Å²) in [5.74, 6) is 0.0225. The summed E-state index contributed by atoms with van der Waals surface area (Å²) < 4.78 is 0.858. The van der Waals surface area contributed by atoms with Gasteiger partial charge >= 0.3 is 0 Å². The van der Waals surface area contributed by atoms with Crippen molar-refractivity contribution in [3.63, 3.8) is 0 Å². The monoisotopic (exact) mass is 367 g/mol. The van der Waals surface area contributed by atoms with Gasteiger partial charge in [0.2, 0.25) is 0 Å². The molecule has 1 fully saturated rings. The molecule has 0 radical (unpaired) electrons. The van der Waals surface area contributed by atoms with Gasteiger partial charge in [-0.2, -0.15) is 11.3 Å². The molecule has 3 rings (SSSR count). The van der Waals surface area contributed by atoms with E-state index in [1.54, 1.807) is 22.1 Å². The molecule has 2 aromatic heterocycles. The van der Waals surface area contributed by atoms with E-state index in [0.717, 1.165) is 10.0 Å². The lowest BCUT2D eigenvalue weighted by Gasteiger charge is -2.34. The van der Waals surface area contributed by atoms with Crippen LogP contribution in [0.5, 0.6) is 0 Å². The average Bonchev–Trinajstić information content (AvgIpc) is 3.17. The number of halogens is 1. The Kier molecular flexibility index (Phi) is 4.12. The first-order valence-corrected chi connectivity index (χ1v) is 8.33. The molecule has 2 aromatic rings. The Bertz CT molecular complexity index is 645. The first-order chi connectivity index (χ1) is 10.1. The summed E-state index contributed by atoms with van der Waals surface area (Å²) >= 11 is 4.84. The predicted molar refractivity (Wildman–Crippen MR) is 84.6 cm³/mol. The molecule has 0 spiro atoms. The minimum atomic E-state index is -0.0247. The zero-order chi connectivity index (χ0) is 14.8. The minimum absolute atomic E-state index is 0.0247. The van der Waals surface area contributed by atoms with Crippen molar-refractivity contribution in [3.05, 3.63) is 44.8 Å². The zero-order valence-electron chi connectivity index (χ0n) is 11.2. The lowest BCUT2D eigenvalue weighted by Crippen LogP contribution is -2.50. The molecule has 7 heteroatoms. The maximum Gasteiger partial charge on any atom is 0.270 e. The molecule has 1 saturated heterocycles. The van der Waals surface area contributed by atoms with E-state index in [4.69, 9.17) is 0 Å². The van der Waals surface area contributed by atoms with Crippen molar-refractivity contribution in [2.45, 2.75) is 0 Å². The van der Waals surface area contributed by atoms with Gasteiger partial charge in [-0.1, -0.05) is 0 Å². The average molecular weight is 368 g/mol. The van der Waals surface area contributed by atoms with Crippen LogP contribution in [0.25, 0.3) is 0 Å². The SMILES string of the molecule is O=C(c1ccsc1)N1CCN(C(=O)c2cc(Br)c[nH]2)CC1. The maximum atomic E-state index is 12.3. The van der Waals surface area contributed by atoms with Crippen LogP contribution in [0.2, 0.25) is 0 Å². The van der Waals surface area contributed by atoms with Gasteiger partial charge in [-0.05, 0) is 33.4 Å². The van der Waals surface area contributed by atoms with E-state index in [1.165, 1.54) is 11.3 Å². The largest absolute Gasteiger partial charge is 0.356 e. The smallest absolute Gasteiger partial charge is 0.270 e. The third kappa shape index (κ3) is 3.03. The fourth-order valence-corrected chi connectivity index (χ4v) is 3.32. The molecule has 1 N–H and O–H groups in total. The number of aromatic nitrogens is 1. The number of hydrogen-bond acceptors (Lipinski definition) is 3. The van der Waals surface area contributed by atoms with Gasteiger partial charge in [0.1, 0.15) is 5.69 Å². The number of H-pyrrole nitrogens is 1. The van der Waals surface area contributed by atoms with Crippen molar-refractivity contribution in [1.82, 2.24) is 14.8 Å². The zero-order valence-corrected chi connectivity index (χ0v) is 13.6. The van der Waals surface area contributed by atoms with Crippen LogP contribution in [0.3, 0.4) is 0 Å². The second-order valence-electron chi connectivity index (χ2n) is 4.83. The first-order valence-electron chi connectivity index (χ1n) is 6.60. The molecule has 0 bridgehead atoms. The summed E-state index contributed by atoms with van der Waals surface area (Å²) in [6.45, 7) is 2.27. The standard InChI is InChI=1S/C14H14BrN3O2S/c15-11-7-12(16-8-11)14(20)18-4-2-17(3-5-18)13(19)10-1-6-21-9-10/h1,6-9,16H,2-5H2. The van der Waals surface area contributed by atoms with Crippen molar-refractivity contribution < 1.29 is 9.59 Å². The molecule has 0 aromatic carbocycles. The lowest BCUT2D eigenvalue weighted by molar-refractivity contribution is 0.0533. The van der Waals surface area contributed by atoms with Crippen LogP contribution in [0.4, 0.5) is 0 Å². The fourth-order valence-electron chi connectivity index (χ4n) is 2.34. The molecule has 1 aliphatic heterocycles. The molecular weight excluding hydrogens is 354 g/mol. The van der Waals surface area contributed by atoms with Gasteiger partial charge in [-0.25, -0.2) is 0 Å². The second kappa shape index (κ2) is 6.03. The van der Waals surface area contributed by atoms with E-state index in [0.29, 0.717) is 31.9 Å². The van der Waals surface area contributed by atoms with Crippen molar-refractivity contribution in [2.24, 2.45) is 0 Å². The Morgan fingerprint density at radius 1 is 1.14 bits per heavy atom. The molecular formula is C14H14BrN3O2S. The van der Waals surface area contributed by atoms with Crippen LogP contribution in [0.15, 0.2) is 33.6 Å². The summed E-state index contributed by atoms with van der Waals surface area (Å²) in [7, 11) is 0. The van der Waals surface area contributed by atoms with Gasteiger partial charge in [0.05, 0.1) is 5.56 Å². The predicted octanol–water partition coefficient (Wildman–Crippen LogP) is 2.44. The van der Waals surface area contributed by atoms with Gasteiger partial charge in [0.15, 0.2) is 0 Å². The maximum absolute atomic E-state index is 12.3. The number of thiophene rings is 1. The first kappa shape index (κ1) is 14.3. The molecule has 0 saturated carbocycles. The normalized spacial score (nSPS) is 15.3. The number of amides is 2. The highest BCUT2D eigenvalue weighted by molar-refractivity contribution is 9.10. The number of hydrogen-bond donors (Lipinski definition) is 1. The van der Waals surface area contributed by atoms with E-state index in [-0.39, 0.29) is 11.8 Å². The van der Waals surface area contributed by atoms with E-state index in [9.17, 15) is 9.59 Å². The topological polar surface area (TPSA) is 56.4 Å². The highest BCUT2D eigenvalue weighted by Crippen LogP contribution is 2.15. The van der Waals surface area contributed by atoms with Crippen LogP contribution in [-0.2, 0) is 0 Å². The van der Waals surface area contributed by atoms with Crippen LogP contribution < -0.4 is 0 Å². The van der Waals surface area contributed by atoms with Gasteiger partial charge < -0.3 is 14.8 Å². The van der Waals surface area contributed by atoms with E-state index in [2.05, 4.69) is 20.9 Å². The van der Waals surface area contributed by atoms with Crippen molar-refractivity contribution in [1.29, 1.82) is 0 Å². The second-order valence-corrected chi connectivity index (χ2v) is 6.52. The Morgan fingerprint density at radius 2 is 1.81 bits per heavy atom. The van der Waals surface area contributed by atoms with Crippen molar-refractivity contribution in [2.75, 3.05) is 26.2 Å². The van der Waals surface area contributed by atoms with Gasteiger partial charge in [-0.15, -0.1) is 0 Å². The highest BCUT2D eigenvalue weighted by atomic mass is 79.9. The number of piperazine rings is 1. The van der Waals surface area contributed by atoms with E-state index in [1.807, 2.05) is 16.8 Å². The number of carbonyl (C=O) groups excluding carboxylic acids is 2. The number of nitrogens with zero attached hydrogens (tertiary/aromatic N) is 2. The lowest BCUT2D eigenvalue weighted by atomic mass is 10.2. The third-order valence-electron chi connectivity index (χ3n) is 3.50. The molecule has 3 heterocycles. The molecule has 21 heavy (non-hydrogen) atoms. The summed E-state index contributed by atoms with van der Waals surface area (Å²) in [6.07, 6.45) is 1.74. The van der Waals surface area contributed by atoms with Crippen molar-refractivity contribution in [3.8, 4) is 0 Å². The summed E-state index contributed by atoms with van der Waals surface area (Å²) in [5, 5.41) is 3.76. The number of carbonyl (C=O) groups is 2. The van der Waals surface area contributed by atoms with Crippen molar-refractivity contribution >= 4 is 39.1 Å². The molecule has 5 nitrogen and oxygen atoms in total. The molecule has 0 atom stereocenters. The quantitative estimate of drug-likeness (QED) is 0.885. The van der Waals surface area contributed by atoms with Crippen LogP contribution in [0, 0.1) is 0 Å². The van der Waals surface area contributed by atoms with Crippen LogP contribution >= 0.6 is 27.3 Å². The fraction of sp³-hybridized carbons (Fsp3) is 0.286.